The van der Waals surface area contributed by atoms with E-state index in [2.05, 4.69) is 0 Å². The second-order valence-electron chi connectivity index (χ2n) is 2.52. The number of benzene rings is 1. The lowest BCUT2D eigenvalue weighted by Gasteiger charge is -2.06. The molecule has 0 heterocycles. The first-order valence-electron chi connectivity index (χ1n) is 3.91. The van der Waals surface area contributed by atoms with Crippen molar-refractivity contribution < 1.29 is 9.47 Å². The van der Waals surface area contributed by atoms with Gasteiger partial charge in [0.15, 0.2) is 0 Å². The second-order valence-corrected chi connectivity index (χ2v) is 2.93. The third-order valence-corrected chi connectivity index (χ3v) is 1.86. The summed E-state index contributed by atoms with van der Waals surface area (Å²) in [7, 11) is 1.62. The molecule has 2 N–H and O–H groups in total. The zero-order valence-corrected chi connectivity index (χ0v) is 8.17. The molecule has 0 unspecified atom stereocenters. The average Bonchev–Trinajstić information content (AvgIpc) is 2.12. The van der Waals surface area contributed by atoms with Gasteiger partial charge in [-0.2, -0.15) is 0 Å². The van der Waals surface area contributed by atoms with Crippen LogP contribution in [0.5, 0.6) is 5.75 Å². The maximum Gasteiger partial charge on any atom is 0.121 e. The SMILES string of the molecule is COCCOc1ccc(N)c(Cl)c1. The normalized spacial score (nSPS) is 10.0. The van der Waals surface area contributed by atoms with E-state index >= 15 is 0 Å². The molecular weight excluding hydrogens is 190 g/mol. The molecular formula is C9H12ClNO2. The van der Waals surface area contributed by atoms with Crippen molar-refractivity contribution in [3.63, 3.8) is 0 Å². The van der Waals surface area contributed by atoms with Crippen LogP contribution in [0.2, 0.25) is 5.02 Å². The number of nitrogen functional groups attached to an aromatic ring is 1. The van der Waals surface area contributed by atoms with Crippen molar-refractivity contribution in [2.45, 2.75) is 0 Å². The Hall–Kier alpha value is -0.930. The quantitative estimate of drug-likeness (QED) is 0.598. The number of ether oxygens (including phenoxy) is 2. The zero-order chi connectivity index (χ0) is 9.68. The van der Waals surface area contributed by atoms with Gasteiger partial charge in [0.05, 0.1) is 17.3 Å². The first-order valence-corrected chi connectivity index (χ1v) is 4.28. The van der Waals surface area contributed by atoms with E-state index in [1.54, 1.807) is 25.3 Å². The van der Waals surface area contributed by atoms with Gasteiger partial charge in [-0.05, 0) is 12.1 Å². The van der Waals surface area contributed by atoms with Crippen LogP contribution in [0.1, 0.15) is 0 Å². The summed E-state index contributed by atoms with van der Waals surface area (Å²) < 4.78 is 10.2. The summed E-state index contributed by atoms with van der Waals surface area (Å²) >= 11 is 5.79. The van der Waals surface area contributed by atoms with Crippen LogP contribution in [0.25, 0.3) is 0 Å². The Morgan fingerprint density at radius 2 is 2.15 bits per heavy atom. The standard InChI is InChI=1S/C9H12ClNO2/c1-12-4-5-13-7-2-3-9(11)8(10)6-7/h2-3,6H,4-5,11H2,1H3. The van der Waals surface area contributed by atoms with Crippen molar-refractivity contribution in [1.82, 2.24) is 0 Å². The summed E-state index contributed by atoms with van der Waals surface area (Å²) in [5.41, 5.74) is 6.09. The molecule has 3 nitrogen and oxygen atoms in total. The van der Waals surface area contributed by atoms with Gasteiger partial charge in [0.2, 0.25) is 0 Å². The van der Waals surface area contributed by atoms with Crippen molar-refractivity contribution in [3.05, 3.63) is 23.2 Å². The van der Waals surface area contributed by atoms with Crippen LogP contribution in [-0.2, 0) is 4.74 Å². The predicted molar refractivity (Wildman–Crippen MR) is 53.2 cm³/mol. The minimum atomic E-state index is 0.509. The molecule has 0 aliphatic heterocycles. The number of rotatable bonds is 4. The van der Waals surface area contributed by atoms with Crippen LogP contribution in [0, 0.1) is 0 Å². The molecule has 1 rings (SSSR count). The van der Waals surface area contributed by atoms with Crippen LogP contribution in [0.4, 0.5) is 5.69 Å². The minimum absolute atomic E-state index is 0.509. The number of halogens is 1. The van der Waals surface area contributed by atoms with E-state index in [0.29, 0.717) is 29.7 Å². The van der Waals surface area contributed by atoms with Crippen LogP contribution >= 0.6 is 11.6 Å². The van der Waals surface area contributed by atoms with Gasteiger partial charge in [-0.15, -0.1) is 0 Å². The van der Waals surface area contributed by atoms with E-state index < -0.39 is 0 Å². The first-order chi connectivity index (χ1) is 6.24. The summed E-state index contributed by atoms with van der Waals surface area (Å²) in [6, 6.07) is 5.17. The molecule has 13 heavy (non-hydrogen) atoms. The predicted octanol–water partition coefficient (Wildman–Crippen LogP) is 1.95. The summed E-state index contributed by atoms with van der Waals surface area (Å²) in [4.78, 5) is 0. The van der Waals surface area contributed by atoms with Crippen LogP contribution in [0.15, 0.2) is 18.2 Å². The number of anilines is 1. The topological polar surface area (TPSA) is 44.5 Å². The molecule has 0 radical (unpaired) electrons. The van der Waals surface area contributed by atoms with Gasteiger partial charge in [0, 0.05) is 13.2 Å². The van der Waals surface area contributed by atoms with Crippen molar-refractivity contribution in [2.75, 3.05) is 26.1 Å². The maximum absolute atomic E-state index is 5.79. The number of hydrogen-bond donors (Lipinski definition) is 1. The fourth-order valence-electron chi connectivity index (χ4n) is 0.840. The fraction of sp³-hybridized carbons (Fsp3) is 0.333. The smallest absolute Gasteiger partial charge is 0.121 e. The highest BCUT2D eigenvalue weighted by molar-refractivity contribution is 6.33. The van der Waals surface area contributed by atoms with E-state index in [-0.39, 0.29) is 0 Å². The highest BCUT2D eigenvalue weighted by Crippen LogP contribution is 2.23. The molecule has 0 spiro atoms. The van der Waals surface area contributed by atoms with Gasteiger partial charge >= 0.3 is 0 Å². The molecule has 0 bridgehead atoms. The summed E-state index contributed by atoms with van der Waals surface area (Å²) in [5.74, 6) is 0.705. The van der Waals surface area contributed by atoms with Gasteiger partial charge in [-0.3, -0.25) is 0 Å². The number of nitrogens with two attached hydrogens (primary N) is 1. The Bertz CT molecular complexity index is 278. The second kappa shape index (κ2) is 4.94. The molecule has 0 aliphatic carbocycles. The monoisotopic (exact) mass is 201 g/mol. The third kappa shape index (κ3) is 3.13. The Balaban J connectivity index is 2.53. The average molecular weight is 202 g/mol. The van der Waals surface area contributed by atoms with Gasteiger partial charge in [0.1, 0.15) is 12.4 Å². The third-order valence-electron chi connectivity index (χ3n) is 1.53. The summed E-state index contributed by atoms with van der Waals surface area (Å²) in [6.45, 7) is 1.07. The Kier molecular flexibility index (Phi) is 3.86. The molecule has 0 saturated carbocycles. The molecule has 0 amide bonds. The van der Waals surface area contributed by atoms with E-state index in [0.717, 1.165) is 0 Å². The van der Waals surface area contributed by atoms with Gasteiger partial charge in [-0.1, -0.05) is 11.6 Å². The van der Waals surface area contributed by atoms with Crippen molar-refractivity contribution in [1.29, 1.82) is 0 Å². The highest BCUT2D eigenvalue weighted by atomic mass is 35.5. The number of methoxy groups -OCH3 is 1. The van der Waals surface area contributed by atoms with Crippen LogP contribution < -0.4 is 10.5 Å². The molecule has 0 atom stereocenters. The fourth-order valence-corrected chi connectivity index (χ4v) is 1.01. The van der Waals surface area contributed by atoms with Crippen molar-refractivity contribution >= 4 is 17.3 Å². The molecule has 0 aromatic heterocycles. The summed E-state index contributed by atoms with van der Waals surface area (Å²) in [5, 5.41) is 0.509. The summed E-state index contributed by atoms with van der Waals surface area (Å²) in [6.07, 6.45) is 0. The Labute approximate surface area is 82.4 Å². The van der Waals surface area contributed by atoms with Gasteiger partial charge in [0.25, 0.3) is 0 Å². The molecule has 0 aliphatic rings. The van der Waals surface area contributed by atoms with Crippen LogP contribution in [0.3, 0.4) is 0 Å². The molecule has 1 aromatic rings. The first kappa shape index (κ1) is 10.2. The molecule has 4 heteroatoms. The largest absolute Gasteiger partial charge is 0.491 e. The van der Waals surface area contributed by atoms with E-state index in [1.165, 1.54) is 0 Å². The Morgan fingerprint density at radius 3 is 2.77 bits per heavy atom. The zero-order valence-electron chi connectivity index (χ0n) is 7.42. The molecule has 0 saturated heterocycles. The number of hydrogen-bond acceptors (Lipinski definition) is 3. The molecule has 1 aromatic carbocycles. The van der Waals surface area contributed by atoms with Gasteiger partial charge < -0.3 is 15.2 Å². The van der Waals surface area contributed by atoms with Gasteiger partial charge in [-0.25, -0.2) is 0 Å². The van der Waals surface area contributed by atoms with E-state index in [9.17, 15) is 0 Å². The lowest BCUT2D eigenvalue weighted by atomic mass is 10.3. The highest BCUT2D eigenvalue weighted by Gasteiger charge is 1.98. The maximum atomic E-state index is 5.79. The van der Waals surface area contributed by atoms with E-state index in [1.807, 2.05) is 0 Å². The van der Waals surface area contributed by atoms with Crippen molar-refractivity contribution in [3.8, 4) is 5.75 Å². The minimum Gasteiger partial charge on any atom is -0.491 e. The Morgan fingerprint density at radius 1 is 1.38 bits per heavy atom. The lowest BCUT2D eigenvalue weighted by molar-refractivity contribution is 0.146. The molecule has 72 valence electrons. The van der Waals surface area contributed by atoms with Crippen molar-refractivity contribution in [2.24, 2.45) is 0 Å². The lowest BCUT2D eigenvalue weighted by Crippen LogP contribution is -2.04. The molecule has 0 fully saturated rings. The van der Waals surface area contributed by atoms with Crippen LogP contribution in [-0.4, -0.2) is 20.3 Å². The van der Waals surface area contributed by atoms with E-state index in [4.69, 9.17) is 26.8 Å².